The first-order valence-corrected chi connectivity index (χ1v) is 11.4. The number of halogens is 1. The van der Waals surface area contributed by atoms with Crippen LogP contribution in [0.4, 0.5) is 5.69 Å². The third-order valence-corrected chi connectivity index (χ3v) is 5.29. The molecule has 0 heterocycles. The molecule has 0 atom stereocenters. The second-order valence-corrected chi connectivity index (χ2v) is 7.89. The van der Waals surface area contributed by atoms with E-state index in [0.29, 0.717) is 31.3 Å². The molecule has 0 radical (unpaired) electrons. The van der Waals surface area contributed by atoms with E-state index in [2.05, 4.69) is 28.2 Å². The highest BCUT2D eigenvalue weighted by atomic mass is 79.9. The van der Waals surface area contributed by atoms with E-state index < -0.39 is 4.92 Å². The van der Waals surface area contributed by atoms with Crippen LogP contribution in [-0.2, 0) is 17.9 Å². The number of rotatable bonds is 15. The quantitative estimate of drug-likeness (QED) is 0.196. The maximum atomic E-state index is 10.8. The van der Waals surface area contributed by atoms with Crippen molar-refractivity contribution in [3.63, 3.8) is 0 Å². The third-order valence-electron chi connectivity index (χ3n) is 4.55. The highest BCUT2D eigenvalue weighted by molar-refractivity contribution is 9.10. The molecule has 170 valence electrons. The fourth-order valence-electron chi connectivity index (χ4n) is 2.84. The third kappa shape index (κ3) is 8.85. The molecule has 0 saturated carbocycles. The van der Waals surface area contributed by atoms with Gasteiger partial charge in [-0.2, -0.15) is 0 Å². The zero-order chi connectivity index (χ0) is 22.5. The summed E-state index contributed by atoms with van der Waals surface area (Å²) in [6, 6.07) is 10.2. The van der Waals surface area contributed by atoms with Gasteiger partial charge in [0, 0.05) is 36.4 Å². The van der Waals surface area contributed by atoms with Gasteiger partial charge in [-0.15, -0.1) is 0 Å². The van der Waals surface area contributed by atoms with E-state index >= 15 is 0 Å². The number of unbranched alkanes of at least 4 members (excludes halogenated alkanes) is 1. The molecule has 1 N–H and O–H groups in total. The molecule has 0 saturated heterocycles. The van der Waals surface area contributed by atoms with Gasteiger partial charge < -0.3 is 19.5 Å². The first kappa shape index (κ1) is 25.1. The van der Waals surface area contributed by atoms with E-state index in [1.165, 1.54) is 12.1 Å². The average molecular weight is 495 g/mol. The van der Waals surface area contributed by atoms with Gasteiger partial charge in [-0.3, -0.25) is 10.1 Å². The van der Waals surface area contributed by atoms with Crippen molar-refractivity contribution >= 4 is 21.6 Å². The van der Waals surface area contributed by atoms with E-state index in [0.717, 1.165) is 54.6 Å². The SMILES string of the molecule is CCCCOCCCNCc1cc(OCC)c(OCc2ccc([N+](=O)[O-])cc2)cc1Br. The van der Waals surface area contributed by atoms with Crippen LogP contribution in [0.2, 0.25) is 0 Å². The Morgan fingerprint density at radius 2 is 1.74 bits per heavy atom. The lowest BCUT2D eigenvalue weighted by Crippen LogP contribution is -2.17. The van der Waals surface area contributed by atoms with Gasteiger partial charge in [-0.05, 0) is 61.7 Å². The van der Waals surface area contributed by atoms with Crippen molar-refractivity contribution in [1.29, 1.82) is 0 Å². The predicted octanol–water partition coefficient (Wildman–Crippen LogP) is 5.63. The van der Waals surface area contributed by atoms with Crippen molar-refractivity contribution in [2.45, 2.75) is 46.3 Å². The summed E-state index contributed by atoms with van der Waals surface area (Å²) in [5.74, 6) is 1.30. The molecule has 31 heavy (non-hydrogen) atoms. The Balaban J connectivity index is 1.90. The molecule has 2 aromatic rings. The lowest BCUT2D eigenvalue weighted by molar-refractivity contribution is -0.384. The highest BCUT2D eigenvalue weighted by Crippen LogP contribution is 2.34. The van der Waals surface area contributed by atoms with Gasteiger partial charge in [0.05, 0.1) is 11.5 Å². The normalized spacial score (nSPS) is 10.8. The number of nitro groups is 1. The van der Waals surface area contributed by atoms with Crippen LogP contribution in [0, 0.1) is 10.1 Å². The number of nitrogens with zero attached hydrogens (tertiary/aromatic N) is 1. The highest BCUT2D eigenvalue weighted by Gasteiger charge is 2.12. The Labute approximate surface area is 192 Å². The van der Waals surface area contributed by atoms with E-state index in [1.54, 1.807) is 12.1 Å². The Morgan fingerprint density at radius 3 is 2.42 bits per heavy atom. The first-order chi connectivity index (χ1) is 15.0. The van der Waals surface area contributed by atoms with Crippen LogP contribution in [0.3, 0.4) is 0 Å². The van der Waals surface area contributed by atoms with Crippen molar-refractivity contribution in [1.82, 2.24) is 5.32 Å². The zero-order valence-electron chi connectivity index (χ0n) is 18.2. The van der Waals surface area contributed by atoms with Gasteiger partial charge in [-0.25, -0.2) is 0 Å². The summed E-state index contributed by atoms with van der Waals surface area (Å²) in [5.41, 5.74) is 1.99. The van der Waals surface area contributed by atoms with Crippen LogP contribution in [0.15, 0.2) is 40.9 Å². The molecular formula is C23H31BrN2O5. The minimum absolute atomic E-state index is 0.0610. The van der Waals surface area contributed by atoms with Crippen LogP contribution >= 0.6 is 15.9 Å². The molecular weight excluding hydrogens is 464 g/mol. The summed E-state index contributed by atoms with van der Waals surface area (Å²) in [4.78, 5) is 10.4. The number of non-ortho nitro benzene ring substituents is 1. The average Bonchev–Trinajstić information content (AvgIpc) is 2.76. The first-order valence-electron chi connectivity index (χ1n) is 10.6. The maximum Gasteiger partial charge on any atom is 0.269 e. The second kappa shape index (κ2) is 14.0. The lowest BCUT2D eigenvalue weighted by Gasteiger charge is -2.15. The molecule has 0 aromatic heterocycles. The van der Waals surface area contributed by atoms with Gasteiger partial charge in [0.25, 0.3) is 5.69 Å². The Morgan fingerprint density at radius 1 is 1.03 bits per heavy atom. The van der Waals surface area contributed by atoms with Gasteiger partial charge in [0.1, 0.15) is 6.61 Å². The summed E-state index contributed by atoms with van der Waals surface area (Å²) in [6.07, 6.45) is 3.23. The van der Waals surface area contributed by atoms with Crippen molar-refractivity contribution in [2.75, 3.05) is 26.4 Å². The number of benzene rings is 2. The number of nitrogens with one attached hydrogen (secondary N) is 1. The molecule has 7 nitrogen and oxygen atoms in total. The number of nitro benzene ring substituents is 1. The molecule has 0 bridgehead atoms. The molecule has 0 aliphatic carbocycles. The molecule has 8 heteroatoms. The topological polar surface area (TPSA) is 82.9 Å². The molecule has 0 unspecified atom stereocenters. The fraction of sp³-hybridized carbons (Fsp3) is 0.478. The van der Waals surface area contributed by atoms with Crippen molar-refractivity contribution < 1.29 is 19.1 Å². The van der Waals surface area contributed by atoms with Gasteiger partial charge in [0.15, 0.2) is 11.5 Å². The number of ether oxygens (including phenoxy) is 3. The van der Waals surface area contributed by atoms with Crippen molar-refractivity contribution in [3.05, 3.63) is 62.1 Å². The molecule has 2 aromatic carbocycles. The van der Waals surface area contributed by atoms with Gasteiger partial charge in [0.2, 0.25) is 0 Å². The fourth-order valence-corrected chi connectivity index (χ4v) is 3.30. The summed E-state index contributed by atoms with van der Waals surface area (Å²) in [6.45, 7) is 8.09. The Kier molecular flexibility index (Phi) is 11.3. The molecule has 0 spiro atoms. The minimum Gasteiger partial charge on any atom is -0.490 e. The Bertz CT molecular complexity index is 814. The van der Waals surface area contributed by atoms with E-state index in [1.807, 2.05) is 19.1 Å². The summed E-state index contributed by atoms with van der Waals surface area (Å²) in [5, 5.41) is 14.2. The number of hydrogen-bond donors (Lipinski definition) is 1. The van der Waals surface area contributed by atoms with Gasteiger partial charge in [-0.1, -0.05) is 29.3 Å². The monoisotopic (exact) mass is 494 g/mol. The summed E-state index contributed by atoms with van der Waals surface area (Å²) >= 11 is 3.62. The smallest absolute Gasteiger partial charge is 0.269 e. The van der Waals surface area contributed by atoms with E-state index in [-0.39, 0.29) is 5.69 Å². The largest absolute Gasteiger partial charge is 0.490 e. The lowest BCUT2D eigenvalue weighted by atomic mass is 10.2. The summed E-state index contributed by atoms with van der Waals surface area (Å²) in [7, 11) is 0. The van der Waals surface area contributed by atoms with Crippen molar-refractivity contribution in [2.24, 2.45) is 0 Å². The van der Waals surface area contributed by atoms with Crippen LogP contribution in [0.5, 0.6) is 11.5 Å². The standard InChI is InChI=1S/C23H31BrN2O5/c1-3-5-12-29-13-6-11-25-16-19-14-22(30-4-2)23(15-21(19)24)31-17-18-7-9-20(10-8-18)26(27)28/h7-10,14-15,25H,3-6,11-13,16-17H2,1-2H3. The van der Waals surface area contributed by atoms with E-state index in [9.17, 15) is 10.1 Å². The Hall–Kier alpha value is -2.16. The van der Waals surface area contributed by atoms with Crippen LogP contribution in [0.25, 0.3) is 0 Å². The van der Waals surface area contributed by atoms with Crippen LogP contribution in [-0.4, -0.2) is 31.3 Å². The zero-order valence-corrected chi connectivity index (χ0v) is 19.8. The second-order valence-electron chi connectivity index (χ2n) is 7.03. The minimum atomic E-state index is -0.415. The van der Waals surface area contributed by atoms with Crippen LogP contribution in [0.1, 0.15) is 44.2 Å². The van der Waals surface area contributed by atoms with Crippen molar-refractivity contribution in [3.8, 4) is 11.5 Å². The predicted molar refractivity (Wildman–Crippen MR) is 125 cm³/mol. The molecule has 2 rings (SSSR count). The molecule has 0 aliphatic rings. The number of hydrogen-bond acceptors (Lipinski definition) is 6. The molecule has 0 aliphatic heterocycles. The van der Waals surface area contributed by atoms with E-state index in [4.69, 9.17) is 14.2 Å². The van der Waals surface area contributed by atoms with Crippen LogP contribution < -0.4 is 14.8 Å². The van der Waals surface area contributed by atoms with Gasteiger partial charge >= 0.3 is 0 Å². The molecule has 0 fully saturated rings. The maximum absolute atomic E-state index is 10.8. The summed E-state index contributed by atoms with van der Waals surface area (Å²) < 4.78 is 18.2. The molecule has 0 amide bonds.